The van der Waals surface area contributed by atoms with Gasteiger partial charge in [-0.15, -0.1) is 0 Å². The summed E-state index contributed by atoms with van der Waals surface area (Å²) in [4.78, 5) is 57.1. The Morgan fingerprint density at radius 1 is 0.909 bits per heavy atom. The average Bonchev–Trinajstić information content (AvgIpc) is 3.72. The molecule has 3 aromatic rings. The first kappa shape index (κ1) is 30.7. The Morgan fingerprint density at radius 2 is 1.59 bits per heavy atom. The van der Waals surface area contributed by atoms with Gasteiger partial charge >= 0.3 is 5.97 Å². The molecule has 1 saturated heterocycles. The third-order valence-corrected chi connectivity index (χ3v) is 8.53. The number of halogens is 1. The number of carboxylic acid groups (broad SMARTS) is 1. The van der Waals surface area contributed by atoms with Gasteiger partial charge in [-0.3, -0.25) is 19.2 Å². The van der Waals surface area contributed by atoms with Crippen LogP contribution in [0.1, 0.15) is 65.5 Å². The molecule has 230 valence electrons. The van der Waals surface area contributed by atoms with Crippen molar-refractivity contribution in [2.24, 2.45) is 5.92 Å². The summed E-state index contributed by atoms with van der Waals surface area (Å²) in [5, 5.41) is 12.4. The van der Waals surface area contributed by atoms with E-state index in [0.29, 0.717) is 11.3 Å². The molecule has 0 spiro atoms. The topological polar surface area (TPSA) is 116 Å². The zero-order chi connectivity index (χ0) is 31.2. The summed E-state index contributed by atoms with van der Waals surface area (Å²) in [6.45, 7) is 0.231. The molecular formula is C34H36FN3O6. The number of ether oxygens (including phenoxy) is 1. The standard InChI is InChI=1S/C34H36FN3O6/c1-44-27-13-7-12-25(20-27)33(42)37-18-19-38(34(43)30(24-10-5-6-11-24)23-8-3-2-4-9-23)32(37)31(41)36-28(21-29(39)40)22-14-16-26(35)17-15-22/h2-4,7-9,12-17,20,24,28,30,32H,5-6,10-11,18-19,21H2,1H3,(H,36,41)(H,39,40). The molecule has 1 heterocycles. The molecule has 5 rings (SSSR count). The predicted molar refractivity (Wildman–Crippen MR) is 160 cm³/mol. The van der Waals surface area contributed by atoms with E-state index in [2.05, 4.69) is 5.32 Å². The number of hydrogen-bond acceptors (Lipinski definition) is 5. The van der Waals surface area contributed by atoms with Gasteiger partial charge in [0.05, 0.1) is 25.5 Å². The minimum absolute atomic E-state index is 0.0933. The number of carboxylic acids is 1. The molecule has 2 N–H and O–H groups in total. The Balaban J connectivity index is 1.51. The summed E-state index contributed by atoms with van der Waals surface area (Å²) < 4.78 is 18.9. The van der Waals surface area contributed by atoms with Crippen LogP contribution in [0.5, 0.6) is 5.75 Å². The molecule has 10 heteroatoms. The Labute approximate surface area is 255 Å². The van der Waals surface area contributed by atoms with Gasteiger partial charge in [0.25, 0.3) is 11.8 Å². The molecule has 2 aliphatic rings. The Bertz CT molecular complexity index is 1490. The number of hydrogen-bond donors (Lipinski definition) is 2. The maximum absolute atomic E-state index is 14.5. The van der Waals surface area contributed by atoms with Crippen LogP contribution in [-0.4, -0.2) is 65.0 Å². The van der Waals surface area contributed by atoms with Crippen LogP contribution in [0.25, 0.3) is 0 Å². The van der Waals surface area contributed by atoms with Crippen molar-refractivity contribution in [2.45, 2.75) is 50.2 Å². The summed E-state index contributed by atoms with van der Waals surface area (Å²) in [7, 11) is 1.49. The van der Waals surface area contributed by atoms with Crippen LogP contribution in [0, 0.1) is 11.7 Å². The fraction of sp³-hybridized carbons (Fsp3) is 0.353. The van der Waals surface area contributed by atoms with E-state index in [9.17, 15) is 28.7 Å². The second-order valence-electron chi connectivity index (χ2n) is 11.3. The zero-order valence-corrected chi connectivity index (χ0v) is 24.5. The Hall–Kier alpha value is -4.73. The van der Waals surface area contributed by atoms with E-state index in [1.54, 1.807) is 24.3 Å². The number of amides is 3. The van der Waals surface area contributed by atoms with E-state index in [1.165, 1.54) is 41.2 Å². The maximum atomic E-state index is 14.5. The SMILES string of the molecule is COc1cccc(C(=O)N2CCN(C(=O)C(c3ccccc3)C3CCCC3)C2C(=O)NC(CC(=O)O)c2ccc(F)cc2)c1. The second-order valence-corrected chi connectivity index (χ2v) is 11.3. The van der Waals surface area contributed by atoms with E-state index in [-0.39, 0.29) is 30.5 Å². The molecule has 0 radical (unpaired) electrons. The molecule has 3 amide bonds. The lowest BCUT2D eigenvalue weighted by Crippen LogP contribution is -2.55. The first-order valence-electron chi connectivity index (χ1n) is 14.8. The zero-order valence-electron chi connectivity index (χ0n) is 24.5. The number of nitrogens with one attached hydrogen (secondary N) is 1. The fourth-order valence-corrected chi connectivity index (χ4v) is 6.39. The van der Waals surface area contributed by atoms with Crippen LogP contribution in [0.15, 0.2) is 78.9 Å². The maximum Gasteiger partial charge on any atom is 0.305 e. The van der Waals surface area contributed by atoms with Crippen molar-refractivity contribution in [3.63, 3.8) is 0 Å². The first-order chi connectivity index (χ1) is 21.3. The van der Waals surface area contributed by atoms with E-state index in [4.69, 9.17) is 4.74 Å². The van der Waals surface area contributed by atoms with Crippen LogP contribution in [0.4, 0.5) is 4.39 Å². The number of benzene rings is 3. The largest absolute Gasteiger partial charge is 0.497 e. The molecule has 2 fully saturated rings. The number of carbonyl (C=O) groups excluding carboxylic acids is 3. The van der Waals surface area contributed by atoms with Gasteiger partial charge in [0.2, 0.25) is 5.91 Å². The van der Waals surface area contributed by atoms with Gasteiger partial charge in [-0.2, -0.15) is 0 Å². The highest BCUT2D eigenvalue weighted by Crippen LogP contribution is 2.39. The smallest absolute Gasteiger partial charge is 0.305 e. The monoisotopic (exact) mass is 601 g/mol. The highest BCUT2D eigenvalue weighted by atomic mass is 19.1. The molecule has 0 bridgehead atoms. The minimum Gasteiger partial charge on any atom is -0.497 e. The van der Waals surface area contributed by atoms with Crippen molar-refractivity contribution in [3.05, 3.63) is 101 Å². The summed E-state index contributed by atoms with van der Waals surface area (Å²) in [6, 6.07) is 20.2. The highest BCUT2D eigenvalue weighted by Gasteiger charge is 2.47. The number of nitrogens with zero attached hydrogens (tertiary/aromatic N) is 2. The number of rotatable bonds is 10. The van der Waals surface area contributed by atoms with E-state index < -0.39 is 48.1 Å². The van der Waals surface area contributed by atoms with Crippen LogP contribution in [0.3, 0.4) is 0 Å². The van der Waals surface area contributed by atoms with Gasteiger partial charge < -0.3 is 25.0 Å². The number of methoxy groups -OCH3 is 1. The second kappa shape index (κ2) is 13.7. The van der Waals surface area contributed by atoms with Crippen molar-refractivity contribution in [2.75, 3.05) is 20.2 Å². The summed E-state index contributed by atoms with van der Waals surface area (Å²) in [5.41, 5.74) is 1.53. The molecule has 3 unspecified atom stereocenters. The van der Waals surface area contributed by atoms with E-state index in [1.807, 2.05) is 30.3 Å². The molecule has 3 aromatic carbocycles. The van der Waals surface area contributed by atoms with Crippen LogP contribution in [-0.2, 0) is 14.4 Å². The third kappa shape index (κ3) is 6.74. The lowest BCUT2D eigenvalue weighted by Gasteiger charge is -2.34. The summed E-state index contributed by atoms with van der Waals surface area (Å²) >= 11 is 0. The van der Waals surface area contributed by atoms with Gasteiger partial charge in [-0.1, -0.05) is 61.4 Å². The van der Waals surface area contributed by atoms with Gasteiger partial charge in [-0.25, -0.2) is 4.39 Å². The van der Waals surface area contributed by atoms with Crippen molar-refractivity contribution >= 4 is 23.7 Å². The summed E-state index contributed by atoms with van der Waals surface area (Å²) in [6.07, 6.45) is 1.99. The third-order valence-electron chi connectivity index (χ3n) is 8.53. The minimum atomic E-state index is -1.33. The van der Waals surface area contributed by atoms with E-state index >= 15 is 0 Å². The molecule has 9 nitrogen and oxygen atoms in total. The average molecular weight is 602 g/mol. The van der Waals surface area contributed by atoms with Crippen molar-refractivity contribution in [1.29, 1.82) is 0 Å². The molecule has 1 aliphatic carbocycles. The van der Waals surface area contributed by atoms with E-state index in [0.717, 1.165) is 31.2 Å². The fourth-order valence-electron chi connectivity index (χ4n) is 6.39. The molecule has 1 aliphatic heterocycles. The van der Waals surface area contributed by atoms with Gasteiger partial charge in [0.15, 0.2) is 6.17 Å². The molecule has 0 aromatic heterocycles. The first-order valence-corrected chi connectivity index (χ1v) is 14.8. The molecule has 3 atom stereocenters. The lowest BCUT2D eigenvalue weighted by molar-refractivity contribution is -0.144. The van der Waals surface area contributed by atoms with Gasteiger partial charge in [0.1, 0.15) is 11.6 Å². The van der Waals surface area contributed by atoms with Crippen molar-refractivity contribution in [3.8, 4) is 5.75 Å². The van der Waals surface area contributed by atoms with Gasteiger partial charge in [0, 0.05) is 18.7 Å². The predicted octanol–water partition coefficient (Wildman–Crippen LogP) is 4.75. The quantitative estimate of drug-likeness (QED) is 0.347. The Kier molecular flexibility index (Phi) is 9.57. The van der Waals surface area contributed by atoms with Crippen LogP contribution in [0.2, 0.25) is 0 Å². The molecular weight excluding hydrogens is 565 g/mol. The van der Waals surface area contributed by atoms with Crippen LogP contribution >= 0.6 is 0 Å². The molecule has 1 saturated carbocycles. The lowest BCUT2D eigenvalue weighted by atomic mass is 9.83. The highest BCUT2D eigenvalue weighted by molar-refractivity contribution is 6.00. The number of aliphatic carboxylic acids is 1. The van der Waals surface area contributed by atoms with Crippen molar-refractivity contribution < 1.29 is 33.4 Å². The Morgan fingerprint density at radius 3 is 2.25 bits per heavy atom. The van der Waals surface area contributed by atoms with Gasteiger partial charge in [-0.05, 0) is 60.2 Å². The number of carbonyl (C=O) groups is 4. The van der Waals surface area contributed by atoms with Crippen LogP contribution < -0.4 is 10.1 Å². The normalized spacial score (nSPS) is 18.1. The summed E-state index contributed by atoms with van der Waals surface area (Å²) in [5.74, 6) is -3.02. The molecule has 44 heavy (non-hydrogen) atoms. The van der Waals surface area contributed by atoms with Crippen molar-refractivity contribution in [1.82, 2.24) is 15.1 Å².